The summed E-state index contributed by atoms with van der Waals surface area (Å²) in [5, 5.41) is 20.4. The van der Waals surface area contributed by atoms with Gasteiger partial charge in [0, 0.05) is 0 Å². The Bertz CT molecular complexity index is 691. The van der Waals surface area contributed by atoms with Crippen molar-refractivity contribution in [1.82, 2.24) is 0 Å². The molecule has 0 spiro atoms. The lowest BCUT2D eigenvalue weighted by molar-refractivity contribution is -0.0178. The first-order valence-corrected chi connectivity index (χ1v) is 18.6. The third-order valence-electron chi connectivity index (χ3n) is 12.2. The molecule has 0 aromatic carbocycles. The fourth-order valence-electron chi connectivity index (χ4n) is 9.50. The largest absolute Gasteiger partial charge is 0.393 e. The van der Waals surface area contributed by atoms with E-state index >= 15 is 0 Å². The van der Waals surface area contributed by atoms with Crippen molar-refractivity contribution in [3.8, 4) is 0 Å². The zero-order valence-electron chi connectivity index (χ0n) is 30.1. The molecular weight excluding hydrogens is 512 g/mol. The molecule has 2 aliphatic carbocycles. The average molecular weight is 589 g/mol. The van der Waals surface area contributed by atoms with E-state index in [4.69, 9.17) is 0 Å². The summed E-state index contributed by atoms with van der Waals surface area (Å²) in [7, 11) is 0. The zero-order chi connectivity index (χ0) is 31.5. The van der Waals surface area contributed by atoms with Gasteiger partial charge in [-0.3, -0.25) is 0 Å². The Morgan fingerprint density at radius 1 is 0.571 bits per heavy atom. The van der Waals surface area contributed by atoms with Crippen molar-refractivity contribution in [2.24, 2.45) is 58.2 Å². The minimum Gasteiger partial charge on any atom is -0.393 e. The minimum atomic E-state index is -0.0904. The molecule has 42 heavy (non-hydrogen) atoms. The van der Waals surface area contributed by atoms with Gasteiger partial charge >= 0.3 is 0 Å². The summed E-state index contributed by atoms with van der Waals surface area (Å²) >= 11 is 0. The van der Waals surface area contributed by atoms with Gasteiger partial charge in [-0.25, -0.2) is 0 Å². The van der Waals surface area contributed by atoms with Crippen LogP contribution < -0.4 is 0 Å². The van der Waals surface area contributed by atoms with Crippen molar-refractivity contribution in [2.45, 2.75) is 184 Å². The van der Waals surface area contributed by atoms with Gasteiger partial charge in [0.15, 0.2) is 0 Å². The lowest BCUT2D eigenvalue weighted by atomic mass is 9.61. The molecule has 2 saturated carbocycles. The van der Waals surface area contributed by atoms with Gasteiger partial charge in [0.25, 0.3) is 0 Å². The molecule has 248 valence electrons. The Kier molecular flexibility index (Phi) is 16.2. The highest BCUT2D eigenvalue weighted by Gasteiger charge is 2.41. The predicted octanol–water partition coefficient (Wildman–Crippen LogP) is 11.6. The molecule has 0 aliphatic heterocycles. The number of allylic oxidation sites excluding steroid dienone is 2. The Morgan fingerprint density at radius 2 is 0.905 bits per heavy atom. The summed E-state index contributed by atoms with van der Waals surface area (Å²) < 4.78 is 0. The highest BCUT2D eigenvalue weighted by atomic mass is 16.3. The van der Waals surface area contributed by atoms with Gasteiger partial charge < -0.3 is 10.2 Å². The molecule has 0 aromatic rings. The second-order valence-corrected chi connectivity index (χ2v) is 17.7. The van der Waals surface area contributed by atoms with Gasteiger partial charge in [-0.2, -0.15) is 0 Å². The molecule has 0 radical (unpaired) electrons. The number of aliphatic hydroxyl groups excluding tert-OH is 2. The molecule has 2 nitrogen and oxygen atoms in total. The number of aliphatic hydroxyl groups is 2. The maximum atomic E-state index is 10.2. The summed E-state index contributed by atoms with van der Waals surface area (Å²) in [4.78, 5) is 0. The molecule has 2 N–H and O–H groups in total. The van der Waals surface area contributed by atoms with Crippen molar-refractivity contribution in [3.63, 3.8) is 0 Å². The topological polar surface area (TPSA) is 40.5 Å². The molecule has 2 heteroatoms. The second kappa shape index (κ2) is 18.0. The highest BCUT2D eigenvalue weighted by molar-refractivity contribution is 4.91. The summed E-state index contributed by atoms with van der Waals surface area (Å²) in [5.74, 6) is 6.06. The number of hydrogen-bond donors (Lipinski definition) is 2. The molecule has 0 amide bonds. The minimum absolute atomic E-state index is 0.0904. The summed E-state index contributed by atoms with van der Waals surface area (Å²) in [5.41, 5.74) is 0.565. The molecule has 2 aliphatic rings. The van der Waals surface area contributed by atoms with Crippen LogP contribution in [0.2, 0.25) is 0 Å². The molecule has 10 atom stereocenters. The molecular formula is C40H76O2. The molecule has 2 fully saturated rings. The van der Waals surface area contributed by atoms with Crippen LogP contribution in [0.3, 0.4) is 0 Å². The normalized spacial score (nSPS) is 32.5. The van der Waals surface area contributed by atoms with Crippen LogP contribution in [-0.2, 0) is 0 Å². The van der Waals surface area contributed by atoms with Gasteiger partial charge in [0.2, 0.25) is 0 Å². The van der Waals surface area contributed by atoms with Gasteiger partial charge in [-0.05, 0) is 110 Å². The van der Waals surface area contributed by atoms with Crippen LogP contribution in [0.5, 0.6) is 0 Å². The lowest BCUT2D eigenvalue weighted by Crippen LogP contribution is -2.40. The van der Waals surface area contributed by atoms with Gasteiger partial charge in [0.1, 0.15) is 0 Å². The Morgan fingerprint density at radius 3 is 1.24 bits per heavy atom. The highest BCUT2D eigenvalue weighted by Crippen LogP contribution is 2.48. The van der Waals surface area contributed by atoms with Crippen molar-refractivity contribution in [1.29, 1.82) is 0 Å². The molecule has 0 heterocycles. The Labute approximate surface area is 264 Å². The van der Waals surface area contributed by atoms with Crippen molar-refractivity contribution >= 4 is 0 Å². The van der Waals surface area contributed by atoms with E-state index in [1.54, 1.807) is 0 Å². The van der Waals surface area contributed by atoms with E-state index in [2.05, 4.69) is 81.4 Å². The summed E-state index contributed by atoms with van der Waals surface area (Å²) in [6.45, 7) is 24.1. The van der Waals surface area contributed by atoms with Crippen molar-refractivity contribution in [2.75, 3.05) is 0 Å². The third kappa shape index (κ3) is 13.3. The first kappa shape index (κ1) is 37.8. The van der Waals surface area contributed by atoms with Crippen LogP contribution >= 0.6 is 0 Å². The fourth-order valence-corrected chi connectivity index (χ4v) is 9.50. The number of hydrogen-bond acceptors (Lipinski definition) is 2. The van der Waals surface area contributed by atoms with Crippen LogP contribution in [0.25, 0.3) is 0 Å². The van der Waals surface area contributed by atoms with E-state index < -0.39 is 0 Å². The lowest BCUT2D eigenvalue weighted by Gasteiger charge is -2.45. The summed E-state index contributed by atoms with van der Waals surface area (Å²) in [6, 6.07) is 0. The standard InChI is InChI=1S/C40H76O2/c1-29(17-13-19-31(3)21-23-37-33(5)25-35(41)27-39(37,7)8)15-11-12-16-30(2)18-14-20-32(4)22-24-38-34(6)26-36(42)28-40(38,9)10/h11-12,29-38,41-42H,13-28H2,1-10H3/b12-11+/t29-,30-,31+,32+,33-,34-,35-,36-,37+,38+/m1/s1. The van der Waals surface area contributed by atoms with Crippen LogP contribution in [0, 0.1) is 58.2 Å². The number of rotatable bonds is 18. The van der Waals surface area contributed by atoms with Gasteiger partial charge in [-0.1, -0.05) is 133 Å². The molecule has 0 bridgehead atoms. The molecule has 0 saturated heterocycles. The van der Waals surface area contributed by atoms with E-state index in [9.17, 15) is 10.2 Å². The second-order valence-electron chi connectivity index (χ2n) is 17.7. The molecule has 0 aromatic heterocycles. The van der Waals surface area contributed by atoms with Gasteiger partial charge in [-0.15, -0.1) is 0 Å². The fraction of sp³-hybridized carbons (Fsp3) is 0.950. The Balaban J connectivity index is 1.52. The average Bonchev–Trinajstić information content (AvgIpc) is 2.84. The van der Waals surface area contributed by atoms with E-state index in [1.807, 2.05) is 0 Å². The Hall–Kier alpha value is -0.340. The third-order valence-corrected chi connectivity index (χ3v) is 12.2. The molecule has 0 unspecified atom stereocenters. The van der Waals surface area contributed by atoms with Crippen LogP contribution in [0.4, 0.5) is 0 Å². The smallest absolute Gasteiger partial charge is 0.0548 e. The SMILES string of the molecule is C[C@@H](CCC[C@H](C)C/C=C/C[C@@H](C)CCC[C@H](C)CC[C@H]1[C@H](C)C[C@@H](O)CC1(C)C)CC[C@H]1[C@H](C)C[C@@H](O)CC1(C)C. The van der Waals surface area contributed by atoms with Crippen molar-refractivity contribution in [3.05, 3.63) is 12.2 Å². The zero-order valence-corrected chi connectivity index (χ0v) is 30.1. The first-order chi connectivity index (χ1) is 19.6. The van der Waals surface area contributed by atoms with Crippen LogP contribution in [-0.4, -0.2) is 22.4 Å². The maximum Gasteiger partial charge on any atom is 0.0548 e. The van der Waals surface area contributed by atoms with E-state index in [-0.39, 0.29) is 23.0 Å². The quantitative estimate of drug-likeness (QED) is 0.156. The van der Waals surface area contributed by atoms with E-state index in [1.165, 1.54) is 77.0 Å². The van der Waals surface area contributed by atoms with Crippen LogP contribution in [0.15, 0.2) is 12.2 Å². The summed E-state index contributed by atoms with van der Waals surface area (Å²) in [6.07, 6.45) is 24.7. The predicted molar refractivity (Wildman–Crippen MR) is 185 cm³/mol. The van der Waals surface area contributed by atoms with Crippen LogP contribution in [0.1, 0.15) is 172 Å². The maximum absolute atomic E-state index is 10.2. The monoisotopic (exact) mass is 589 g/mol. The van der Waals surface area contributed by atoms with E-state index in [0.717, 1.165) is 61.2 Å². The first-order valence-electron chi connectivity index (χ1n) is 18.6. The van der Waals surface area contributed by atoms with E-state index in [0.29, 0.717) is 11.8 Å². The van der Waals surface area contributed by atoms with Crippen molar-refractivity contribution < 1.29 is 10.2 Å². The molecule has 2 rings (SSSR count). The van der Waals surface area contributed by atoms with Gasteiger partial charge in [0.05, 0.1) is 12.2 Å².